The highest BCUT2D eigenvalue weighted by Crippen LogP contribution is 2.49. The molecule has 3 aromatic rings. The number of ether oxygens (including phenoxy) is 2. The summed E-state index contributed by atoms with van der Waals surface area (Å²) >= 11 is 2.31. The molecule has 1 heterocycles. The maximum atomic E-state index is 5.92. The van der Waals surface area contributed by atoms with Crippen LogP contribution in [0.25, 0.3) is 0 Å². The number of nitrogens with one attached hydrogen (secondary N) is 1. The first kappa shape index (κ1) is 23.9. The molecule has 1 aliphatic carbocycles. The maximum Gasteiger partial charge on any atom is 0.174 e. The zero-order valence-electron chi connectivity index (χ0n) is 20.2. The molecule has 3 aromatic carbocycles. The third kappa shape index (κ3) is 5.10. The van der Waals surface area contributed by atoms with Crippen molar-refractivity contribution < 1.29 is 9.47 Å². The maximum absolute atomic E-state index is 5.92. The van der Waals surface area contributed by atoms with Gasteiger partial charge in [0.25, 0.3) is 0 Å². The normalized spacial score (nSPS) is 20.4. The molecule has 0 amide bonds. The van der Waals surface area contributed by atoms with Gasteiger partial charge < -0.3 is 14.8 Å². The molecule has 0 unspecified atom stereocenters. The summed E-state index contributed by atoms with van der Waals surface area (Å²) < 4.78 is 12.8. The Balaban J connectivity index is 1.34. The second kappa shape index (κ2) is 10.9. The highest BCUT2D eigenvalue weighted by molar-refractivity contribution is 14.1. The van der Waals surface area contributed by atoms with Gasteiger partial charge in [0.1, 0.15) is 0 Å². The molecule has 0 spiro atoms. The van der Waals surface area contributed by atoms with E-state index in [1.165, 1.54) is 16.8 Å². The Kier molecular flexibility index (Phi) is 7.42. The van der Waals surface area contributed by atoms with Crippen LogP contribution in [0.1, 0.15) is 55.3 Å². The van der Waals surface area contributed by atoms with E-state index < -0.39 is 0 Å². The Bertz CT molecular complexity index is 1240. The van der Waals surface area contributed by atoms with Gasteiger partial charge in [-0.05, 0) is 95.3 Å². The second-order valence-electron chi connectivity index (χ2n) is 9.02. The van der Waals surface area contributed by atoms with E-state index in [2.05, 4.69) is 102 Å². The van der Waals surface area contributed by atoms with E-state index in [1.54, 1.807) is 0 Å². The minimum Gasteiger partial charge on any atom is -0.490 e. The number of rotatable bonds is 8. The summed E-state index contributed by atoms with van der Waals surface area (Å²) in [6.45, 7) is 5.36. The smallest absolute Gasteiger partial charge is 0.174 e. The van der Waals surface area contributed by atoms with E-state index >= 15 is 0 Å². The summed E-state index contributed by atoms with van der Waals surface area (Å²) in [5, 5.41) is 3.80. The standard InChI is InChI=1S/C30H31IN2O2/c1-3-16-35-30-26(31)17-20(18-28(30)34-4-2)19-32-22-14-12-21(13-15-22)29-25-10-7-9-23(25)24-8-5-6-11-27(24)33-29/h5-9,11-15,17-19,23,25,29,33H,3-4,10,16H2,1-2H3/t23-,25+,29-/m0/s1. The van der Waals surface area contributed by atoms with E-state index in [0.29, 0.717) is 31.1 Å². The third-order valence-electron chi connectivity index (χ3n) is 6.67. The van der Waals surface area contributed by atoms with Gasteiger partial charge in [0.2, 0.25) is 0 Å². The van der Waals surface area contributed by atoms with Crippen molar-refractivity contribution in [3.8, 4) is 11.5 Å². The predicted molar refractivity (Wildman–Crippen MR) is 153 cm³/mol. The molecule has 5 rings (SSSR count). The minimum absolute atomic E-state index is 0.300. The van der Waals surface area contributed by atoms with Gasteiger partial charge in [-0.2, -0.15) is 0 Å². The highest BCUT2D eigenvalue weighted by Gasteiger charge is 2.37. The van der Waals surface area contributed by atoms with Gasteiger partial charge in [0.05, 0.1) is 28.5 Å². The zero-order valence-corrected chi connectivity index (χ0v) is 22.4. The SMILES string of the molecule is CCCOc1c(I)cc(C=Nc2ccc([C@@H]3Nc4ccccc4[C@@H]4C=CC[C@H]43)cc2)cc1OCC. The number of para-hydroxylation sites is 1. The van der Waals surface area contributed by atoms with Gasteiger partial charge in [-0.1, -0.05) is 49.4 Å². The predicted octanol–water partition coefficient (Wildman–Crippen LogP) is 8.06. The fraction of sp³-hybridized carbons (Fsp3) is 0.300. The van der Waals surface area contributed by atoms with Crippen LogP contribution in [0, 0.1) is 9.49 Å². The number of benzene rings is 3. The van der Waals surface area contributed by atoms with Crippen LogP contribution >= 0.6 is 22.6 Å². The number of halogens is 1. The number of anilines is 1. The quantitative estimate of drug-likeness (QED) is 0.167. The van der Waals surface area contributed by atoms with Crippen LogP contribution in [0.5, 0.6) is 11.5 Å². The second-order valence-corrected chi connectivity index (χ2v) is 10.2. The van der Waals surface area contributed by atoms with E-state index in [-0.39, 0.29) is 0 Å². The molecule has 4 nitrogen and oxygen atoms in total. The number of aliphatic imine (C=N–C) groups is 1. The molecule has 3 atom stereocenters. The van der Waals surface area contributed by atoms with Crippen molar-refractivity contribution in [1.29, 1.82) is 0 Å². The van der Waals surface area contributed by atoms with Gasteiger partial charge in [-0.15, -0.1) is 0 Å². The third-order valence-corrected chi connectivity index (χ3v) is 7.47. The molecule has 180 valence electrons. The van der Waals surface area contributed by atoms with Gasteiger partial charge in [0.15, 0.2) is 11.5 Å². The van der Waals surface area contributed by atoms with Gasteiger partial charge in [-0.3, -0.25) is 4.99 Å². The number of hydrogen-bond acceptors (Lipinski definition) is 4. The Morgan fingerprint density at radius 1 is 1.06 bits per heavy atom. The molecule has 2 aliphatic rings. The van der Waals surface area contributed by atoms with E-state index in [1.807, 2.05) is 19.2 Å². The van der Waals surface area contributed by atoms with Crippen LogP contribution in [0.3, 0.4) is 0 Å². The van der Waals surface area contributed by atoms with Crippen molar-refractivity contribution in [2.75, 3.05) is 18.5 Å². The van der Waals surface area contributed by atoms with Crippen LogP contribution in [0.15, 0.2) is 77.8 Å². The largest absolute Gasteiger partial charge is 0.490 e. The molecule has 0 aromatic heterocycles. The van der Waals surface area contributed by atoms with E-state index in [9.17, 15) is 0 Å². The van der Waals surface area contributed by atoms with Crippen LogP contribution in [0.4, 0.5) is 11.4 Å². The Hall–Kier alpha value is -2.80. The van der Waals surface area contributed by atoms with Crippen LogP contribution < -0.4 is 14.8 Å². The number of fused-ring (bicyclic) bond motifs is 3. The van der Waals surface area contributed by atoms with Crippen molar-refractivity contribution in [1.82, 2.24) is 0 Å². The summed E-state index contributed by atoms with van der Waals surface area (Å²) in [6.07, 6.45) is 8.68. The molecular formula is C30H31IN2O2. The Morgan fingerprint density at radius 3 is 2.69 bits per heavy atom. The van der Waals surface area contributed by atoms with Gasteiger partial charge >= 0.3 is 0 Å². The first-order chi connectivity index (χ1) is 17.2. The zero-order chi connectivity index (χ0) is 24.2. The van der Waals surface area contributed by atoms with Crippen molar-refractivity contribution in [2.24, 2.45) is 10.9 Å². The molecule has 0 radical (unpaired) electrons. The van der Waals surface area contributed by atoms with Crippen molar-refractivity contribution in [2.45, 2.75) is 38.6 Å². The molecule has 1 aliphatic heterocycles. The Labute approximate surface area is 221 Å². The molecule has 0 saturated carbocycles. The minimum atomic E-state index is 0.300. The molecular weight excluding hydrogens is 547 g/mol. The molecule has 5 heteroatoms. The number of hydrogen-bond donors (Lipinski definition) is 1. The van der Waals surface area contributed by atoms with Crippen LogP contribution in [-0.2, 0) is 0 Å². The molecule has 0 fully saturated rings. The van der Waals surface area contributed by atoms with Crippen molar-refractivity contribution in [3.63, 3.8) is 0 Å². The van der Waals surface area contributed by atoms with Crippen molar-refractivity contribution in [3.05, 3.63) is 93.1 Å². The fourth-order valence-corrected chi connectivity index (χ4v) is 5.84. The highest BCUT2D eigenvalue weighted by atomic mass is 127. The van der Waals surface area contributed by atoms with Gasteiger partial charge in [-0.25, -0.2) is 0 Å². The lowest BCUT2D eigenvalue weighted by Crippen LogP contribution is -2.28. The van der Waals surface area contributed by atoms with E-state index in [4.69, 9.17) is 14.5 Å². The fourth-order valence-electron chi connectivity index (χ4n) is 5.06. The summed E-state index contributed by atoms with van der Waals surface area (Å²) in [5.41, 5.74) is 5.90. The first-order valence-corrected chi connectivity index (χ1v) is 13.5. The molecule has 35 heavy (non-hydrogen) atoms. The summed E-state index contributed by atoms with van der Waals surface area (Å²) in [7, 11) is 0. The average molecular weight is 578 g/mol. The van der Waals surface area contributed by atoms with Gasteiger partial charge in [0, 0.05) is 17.8 Å². The lowest BCUT2D eigenvalue weighted by atomic mass is 9.77. The topological polar surface area (TPSA) is 42.8 Å². The monoisotopic (exact) mass is 578 g/mol. The lowest BCUT2D eigenvalue weighted by molar-refractivity contribution is 0.275. The summed E-state index contributed by atoms with van der Waals surface area (Å²) in [4.78, 5) is 4.74. The van der Waals surface area contributed by atoms with Crippen LogP contribution in [-0.4, -0.2) is 19.4 Å². The Morgan fingerprint density at radius 2 is 1.89 bits per heavy atom. The van der Waals surface area contributed by atoms with Crippen LogP contribution in [0.2, 0.25) is 0 Å². The summed E-state index contributed by atoms with van der Waals surface area (Å²) in [5.74, 6) is 2.62. The average Bonchev–Trinajstić information content (AvgIpc) is 3.38. The van der Waals surface area contributed by atoms with Crippen molar-refractivity contribution >= 4 is 40.2 Å². The molecule has 0 bridgehead atoms. The number of nitrogens with zero attached hydrogens (tertiary/aromatic N) is 1. The number of allylic oxidation sites excluding steroid dienone is 2. The van der Waals surface area contributed by atoms with E-state index in [0.717, 1.165) is 39.2 Å². The lowest BCUT2D eigenvalue weighted by Gasteiger charge is -2.37. The molecule has 1 N–H and O–H groups in total. The first-order valence-electron chi connectivity index (χ1n) is 12.4. The molecule has 0 saturated heterocycles. The summed E-state index contributed by atoms with van der Waals surface area (Å²) in [6, 6.07) is 21.7.